The molecule has 0 saturated carbocycles. The number of nitrogens with zero attached hydrogens (tertiary/aromatic N) is 4. The molecular weight excluding hydrogens is 532 g/mol. The molecule has 0 aliphatic rings. The Bertz CT molecular complexity index is 1550. The number of nitriles is 1. The molecule has 0 radical (unpaired) electrons. The summed E-state index contributed by atoms with van der Waals surface area (Å²) in [6.07, 6.45) is 6.91. The van der Waals surface area contributed by atoms with E-state index in [0.717, 1.165) is 12.2 Å². The van der Waals surface area contributed by atoms with Gasteiger partial charge in [0.1, 0.15) is 17.1 Å². The summed E-state index contributed by atoms with van der Waals surface area (Å²) in [6, 6.07) is 6.43. The minimum Gasteiger partial charge on any atom is -0.463 e. The zero-order valence-electron chi connectivity index (χ0n) is 23.0. The predicted octanol–water partition coefficient (Wildman–Crippen LogP) is 1.91. The lowest BCUT2D eigenvalue weighted by atomic mass is 10.3. The number of ether oxygens (including phenoxy) is 1. The Kier molecular flexibility index (Phi) is 9.85. The number of aromatic nitrogens is 3. The van der Waals surface area contributed by atoms with Crippen molar-refractivity contribution in [2.45, 2.75) is 13.3 Å². The molecule has 4 N–H and O–H groups in total. The van der Waals surface area contributed by atoms with Gasteiger partial charge in [0.15, 0.2) is 0 Å². The molecule has 14 heteroatoms. The molecule has 3 rings (SSSR count). The highest BCUT2D eigenvalue weighted by molar-refractivity contribution is 6.08. The van der Waals surface area contributed by atoms with Crippen molar-refractivity contribution in [2.24, 2.45) is 21.1 Å². The van der Waals surface area contributed by atoms with Gasteiger partial charge in [0, 0.05) is 58.4 Å². The maximum absolute atomic E-state index is 12.9. The predicted molar refractivity (Wildman–Crippen MR) is 149 cm³/mol. The third kappa shape index (κ3) is 7.96. The molecule has 0 unspecified atom stereocenters. The summed E-state index contributed by atoms with van der Waals surface area (Å²) >= 11 is 0. The van der Waals surface area contributed by atoms with Crippen LogP contribution in [0.15, 0.2) is 48.9 Å². The quantitative estimate of drug-likeness (QED) is 0.156. The van der Waals surface area contributed by atoms with Crippen LogP contribution in [0.3, 0.4) is 0 Å². The summed E-state index contributed by atoms with van der Waals surface area (Å²) in [7, 11) is 4.93. The molecule has 0 atom stereocenters. The maximum atomic E-state index is 12.9. The molecule has 214 valence electrons. The fraction of sp³-hybridized carbons (Fsp3) is 0.259. The van der Waals surface area contributed by atoms with Crippen molar-refractivity contribution in [3.63, 3.8) is 0 Å². The Morgan fingerprint density at radius 2 is 1.24 bits per heavy atom. The van der Waals surface area contributed by atoms with Crippen LogP contribution in [0.25, 0.3) is 0 Å². The first-order chi connectivity index (χ1) is 19.5. The van der Waals surface area contributed by atoms with Gasteiger partial charge in [-0.3, -0.25) is 19.2 Å². The van der Waals surface area contributed by atoms with E-state index in [9.17, 15) is 24.0 Å². The van der Waals surface area contributed by atoms with Gasteiger partial charge in [0.05, 0.1) is 36.2 Å². The minimum atomic E-state index is -0.643. The van der Waals surface area contributed by atoms with E-state index in [2.05, 4.69) is 21.3 Å². The molecule has 0 spiro atoms. The Hall–Kier alpha value is -5.58. The van der Waals surface area contributed by atoms with Crippen LogP contribution >= 0.6 is 0 Å². The maximum Gasteiger partial charge on any atom is 0.330 e. The lowest BCUT2D eigenvalue weighted by molar-refractivity contribution is -0.137. The zero-order chi connectivity index (χ0) is 30.1. The number of amides is 4. The smallest absolute Gasteiger partial charge is 0.330 e. The minimum absolute atomic E-state index is 0.185. The highest BCUT2D eigenvalue weighted by Crippen LogP contribution is 2.19. The van der Waals surface area contributed by atoms with E-state index >= 15 is 0 Å². The van der Waals surface area contributed by atoms with E-state index in [1.165, 1.54) is 33.5 Å². The van der Waals surface area contributed by atoms with E-state index in [4.69, 9.17) is 10.00 Å². The topological polar surface area (TPSA) is 181 Å². The normalized spacial score (nSPS) is 10.6. The molecule has 0 saturated heterocycles. The molecule has 4 amide bonds. The molecule has 41 heavy (non-hydrogen) atoms. The lowest BCUT2D eigenvalue weighted by Gasteiger charge is -2.03. The van der Waals surface area contributed by atoms with Crippen molar-refractivity contribution in [2.75, 3.05) is 29.1 Å². The standard InChI is InChI=1S/C27H30N8O6/c1-5-41-24(37)8-7-23(36)30-17-11-21(34(3)14-17)26(39)32-19-13-22(35(4)16-19)27(40)31-18-12-20(33(2)15-18)25(38)29-10-6-9-28/h7-8,11-16H,5-6,10H2,1-4H3,(H,29,38)(H,30,36)(H,31,40)(H,32,39)/b8-7+. The number of nitrogens with one attached hydrogen (secondary N) is 4. The third-order valence-corrected chi connectivity index (χ3v) is 5.68. The molecule has 0 aliphatic carbocycles. The first-order valence-corrected chi connectivity index (χ1v) is 12.4. The van der Waals surface area contributed by atoms with Crippen molar-refractivity contribution >= 4 is 46.7 Å². The summed E-state index contributed by atoms with van der Waals surface area (Å²) in [5.41, 5.74) is 1.88. The summed E-state index contributed by atoms with van der Waals surface area (Å²) in [5.74, 6) is -2.53. The molecule has 3 aromatic heterocycles. The van der Waals surface area contributed by atoms with E-state index in [-0.39, 0.29) is 36.9 Å². The number of hydrogen-bond donors (Lipinski definition) is 4. The van der Waals surface area contributed by atoms with Crippen molar-refractivity contribution in [3.05, 3.63) is 66.0 Å². The van der Waals surface area contributed by atoms with E-state index < -0.39 is 23.7 Å². The number of aryl methyl sites for hydroxylation is 3. The largest absolute Gasteiger partial charge is 0.463 e. The van der Waals surface area contributed by atoms with Crippen molar-refractivity contribution < 1.29 is 28.7 Å². The van der Waals surface area contributed by atoms with Crippen LogP contribution in [0.4, 0.5) is 17.1 Å². The molecule has 3 heterocycles. The zero-order valence-corrected chi connectivity index (χ0v) is 23.0. The molecular formula is C27H30N8O6. The molecule has 0 bridgehead atoms. The van der Waals surface area contributed by atoms with E-state index in [1.54, 1.807) is 45.0 Å². The monoisotopic (exact) mass is 562 g/mol. The number of carbonyl (C=O) groups excluding carboxylic acids is 5. The number of carbonyl (C=O) groups is 5. The highest BCUT2D eigenvalue weighted by atomic mass is 16.5. The van der Waals surface area contributed by atoms with E-state index in [1.807, 2.05) is 6.07 Å². The van der Waals surface area contributed by atoms with Crippen LogP contribution in [0, 0.1) is 11.3 Å². The van der Waals surface area contributed by atoms with Gasteiger partial charge in [0.25, 0.3) is 17.7 Å². The van der Waals surface area contributed by atoms with Crippen molar-refractivity contribution in [1.29, 1.82) is 5.26 Å². The lowest BCUT2D eigenvalue weighted by Crippen LogP contribution is -2.25. The van der Waals surface area contributed by atoms with Crippen LogP contribution < -0.4 is 21.3 Å². The van der Waals surface area contributed by atoms with Gasteiger partial charge in [-0.15, -0.1) is 0 Å². The van der Waals surface area contributed by atoms with Gasteiger partial charge in [-0.2, -0.15) is 5.26 Å². The summed E-state index contributed by atoms with van der Waals surface area (Å²) in [4.78, 5) is 61.6. The molecule has 0 fully saturated rings. The number of anilines is 3. The molecule has 0 aliphatic heterocycles. The second-order valence-corrected chi connectivity index (χ2v) is 8.82. The summed E-state index contributed by atoms with van der Waals surface area (Å²) in [6.45, 7) is 2.06. The Labute approximate surface area is 235 Å². The summed E-state index contributed by atoms with van der Waals surface area (Å²) < 4.78 is 9.33. The fourth-order valence-electron chi connectivity index (χ4n) is 3.81. The molecule has 0 aromatic carbocycles. The first-order valence-electron chi connectivity index (χ1n) is 12.4. The van der Waals surface area contributed by atoms with Crippen LogP contribution in [0.5, 0.6) is 0 Å². The SMILES string of the molecule is CCOC(=O)/C=C/C(=O)Nc1cc(C(=O)Nc2cc(C(=O)Nc3cc(C(=O)NCCC#N)n(C)c3)n(C)c2)n(C)c1. The van der Waals surface area contributed by atoms with Gasteiger partial charge in [0.2, 0.25) is 5.91 Å². The average molecular weight is 563 g/mol. The Morgan fingerprint density at radius 3 is 1.71 bits per heavy atom. The van der Waals surface area contributed by atoms with Gasteiger partial charge in [-0.25, -0.2) is 4.79 Å². The first kappa shape index (κ1) is 30.0. The third-order valence-electron chi connectivity index (χ3n) is 5.68. The average Bonchev–Trinajstić information content (AvgIpc) is 3.58. The van der Waals surface area contributed by atoms with Crippen LogP contribution in [-0.4, -0.2) is 56.5 Å². The van der Waals surface area contributed by atoms with Crippen LogP contribution in [0.2, 0.25) is 0 Å². The number of esters is 1. The number of rotatable bonds is 11. The van der Waals surface area contributed by atoms with Gasteiger partial charge in [-0.05, 0) is 25.1 Å². The fourth-order valence-corrected chi connectivity index (χ4v) is 3.81. The van der Waals surface area contributed by atoms with Crippen molar-refractivity contribution in [1.82, 2.24) is 19.0 Å². The summed E-state index contributed by atoms with van der Waals surface area (Å²) in [5, 5.41) is 19.3. The highest BCUT2D eigenvalue weighted by Gasteiger charge is 2.18. The second-order valence-electron chi connectivity index (χ2n) is 8.82. The van der Waals surface area contributed by atoms with Gasteiger partial charge >= 0.3 is 5.97 Å². The van der Waals surface area contributed by atoms with Crippen LogP contribution in [-0.2, 0) is 35.5 Å². The molecule has 3 aromatic rings. The Morgan fingerprint density at radius 1 is 0.780 bits per heavy atom. The number of hydrogen-bond acceptors (Lipinski definition) is 7. The van der Waals surface area contributed by atoms with Gasteiger partial charge < -0.3 is 39.7 Å². The van der Waals surface area contributed by atoms with Crippen LogP contribution in [0.1, 0.15) is 44.8 Å². The van der Waals surface area contributed by atoms with Gasteiger partial charge in [-0.1, -0.05) is 0 Å². The van der Waals surface area contributed by atoms with Crippen molar-refractivity contribution in [3.8, 4) is 6.07 Å². The second kappa shape index (κ2) is 13.5. The van der Waals surface area contributed by atoms with E-state index in [0.29, 0.717) is 22.8 Å². The Balaban J connectivity index is 1.63. The molecule has 14 nitrogen and oxygen atoms in total.